The van der Waals surface area contributed by atoms with Crippen LogP contribution in [-0.2, 0) is 7.05 Å². The van der Waals surface area contributed by atoms with E-state index in [1.165, 1.54) is 6.33 Å². The van der Waals surface area contributed by atoms with Crippen LogP contribution in [0.2, 0.25) is 0 Å². The molecule has 0 saturated carbocycles. The Balaban J connectivity index is 1.74. The van der Waals surface area contributed by atoms with Crippen LogP contribution in [0.1, 0.15) is 11.7 Å². The standard InChI is InChI=1S/C12H13N5OS/c1-17-6-8(4-16-17)10(18)5-13-11-9-2-3-19-12(9)15-7-14-11/h2-4,6-7,10,18H,5H2,1H3,(H,13,14,15). The van der Waals surface area contributed by atoms with E-state index < -0.39 is 6.10 Å². The highest BCUT2D eigenvalue weighted by molar-refractivity contribution is 7.16. The van der Waals surface area contributed by atoms with Crippen molar-refractivity contribution in [3.05, 3.63) is 35.7 Å². The van der Waals surface area contributed by atoms with Crippen LogP contribution in [0.3, 0.4) is 0 Å². The second kappa shape index (κ2) is 4.94. The van der Waals surface area contributed by atoms with Gasteiger partial charge in [0.05, 0.1) is 17.7 Å². The van der Waals surface area contributed by atoms with Gasteiger partial charge in [-0.25, -0.2) is 9.97 Å². The third kappa shape index (κ3) is 2.42. The maximum Gasteiger partial charge on any atom is 0.138 e. The minimum Gasteiger partial charge on any atom is -0.386 e. The Hall–Kier alpha value is -1.99. The smallest absolute Gasteiger partial charge is 0.138 e. The molecule has 0 aliphatic carbocycles. The van der Waals surface area contributed by atoms with Gasteiger partial charge in [-0.1, -0.05) is 0 Å². The monoisotopic (exact) mass is 275 g/mol. The van der Waals surface area contributed by atoms with Crippen LogP contribution in [0, 0.1) is 0 Å². The number of thiophene rings is 1. The van der Waals surface area contributed by atoms with E-state index in [4.69, 9.17) is 0 Å². The summed E-state index contributed by atoms with van der Waals surface area (Å²) in [7, 11) is 1.82. The number of nitrogens with zero attached hydrogens (tertiary/aromatic N) is 4. The topological polar surface area (TPSA) is 75.9 Å². The Morgan fingerprint density at radius 2 is 2.37 bits per heavy atom. The summed E-state index contributed by atoms with van der Waals surface area (Å²) in [6, 6.07) is 1.97. The van der Waals surface area contributed by atoms with Gasteiger partial charge in [0.15, 0.2) is 0 Å². The quantitative estimate of drug-likeness (QED) is 0.756. The first-order valence-electron chi connectivity index (χ1n) is 5.83. The third-order valence-corrected chi connectivity index (χ3v) is 3.65. The van der Waals surface area contributed by atoms with E-state index in [-0.39, 0.29) is 0 Å². The lowest BCUT2D eigenvalue weighted by Gasteiger charge is -2.10. The van der Waals surface area contributed by atoms with E-state index in [0.717, 1.165) is 21.6 Å². The first-order chi connectivity index (χ1) is 9.24. The first kappa shape index (κ1) is 12.1. The lowest BCUT2D eigenvalue weighted by molar-refractivity contribution is 0.191. The lowest BCUT2D eigenvalue weighted by atomic mass is 10.2. The van der Waals surface area contributed by atoms with E-state index >= 15 is 0 Å². The van der Waals surface area contributed by atoms with Crippen molar-refractivity contribution in [1.82, 2.24) is 19.7 Å². The fraction of sp³-hybridized carbons (Fsp3) is 0.250. The Morgan fingerprint density at radius 1 is 1.47 bits per heavy atom. The number of nitrogens with one attached hydrogen (secondary N) is 1. The molecular formula is C12H13N5OS. The molecule has 98 valence electrons. The number of aliphatic hydroxyl groups is 1. The SMILES string of the molecule is Cn1cc(C(O)CNc2ncnc3sccc23)cn1. The summed E-state index contributed by atoms with van der Waals surface area (Å²) in [6.45, 7) is 0.383. The van der Waals surface area contributed by atoms with Crippen molar-refractivity contribution in [2.75, 3.05) is 11.9 Å². The molecule has 1 atom stereocenters. The van der Waals surface area contributed by atoms with Gasteiger partial charge in [0, 0.05) is 25.4 Å². The van der Waals surface area contributed by atoms with Crippen LogP contribution >= 0.6 is 11.3 Å². The molecule has 2 N–H and O–H groups in total. The number of aryl methyl sites for hydroxylation is 1. The van der Waals surface area contributed by atoms with Crippen molar-refractivity contribution in [2.45, 2.75) is 6.10 Å². The largest absolute Gasteiger partial charge is 0.386 e. The third-order valence-electron chi connectivity index (χ3n) is 2.83. The summed E-state index contributed by atoms with van der Waals surface area (Å²) in [6.07, 6.45) is 4.37. The number of aliphatic hydroxyl groups excluding tert-OH is 1. The summed E-state index contributed by atoms with van der Waals surface area (Å²) in [5.74, 6) is 0.745. The van der Waals surface area contributed by atoms with Crippen molar-refractivity contribution in [2.24, 2.45) is 7.05 Å². The van der Waals surface area contributed by atoms with Gasteiger partial charge in [-0.15, -0.1) is 11.3 Å². The van der Waals surface area contributed by atoms with E-state index in [2.05, 4.69) is 20.4 Å². The van der Waals surface area contributed by atoms with Crippen molar-refractivity contribution in [3.8, 4) is 0 Å². The fourth-order valence-corrected chi connectivity index (χ4v) is 2.59. The zero-order valence-corrected chi connectivity index (χ0v) is 11.1. The molecule has 3 aromatic rings. The van der Waals surface area contributed by atoms with Crippen LogP contribution in [-0.4, -0.2) is 31.4 Å². The zero-order valence-electron chi connectivity index (χ0n) is 10.3. The summed E-state index contributed by atoms with van der Waals surface area (Å²) in [5.41, 5.74) is 0.783. The normalized spacial score (nSPS) is 12.7. The van der Waals surface area contributed by atoms with Crippen LogP contribution in [0.5, 0.6) is 0 Å². The summed E-state index contributed by atoms with van der Waals surface area (Å²) in [5, 5.41) is 20.2. The van der Waals surface area contributed by atoms with Crippen molar-refractivity contribution < 1.29 is 5.11 Å². The molecule has 0 aromatic carbocycles. The molecule has 19 heavy (non-hydrogen) atoms. The highest BCUT2D eigenvalue weighted by Gasteiger charge is 2.11. The lowest BCUT2D eigenvalue weighted by Crippen LogP contribution is -2.12. The Kier molecular flexibility index (Phi) is 3.14. The number of anilines is 1. The number of hydrogen-bond acceptors (Lipinski definition) is 6. The second-order valence-corrected chi connectivity index (χ2v) is 5.10. The van der Waals surface area contributed by atoms with Gasteiger partial charge in [-0.3, -0.25) is 4.68 Å². The number of hydrogen-bond donors (Lipinski definition) is 2. The average Bonchev–Trinajstić information content (AvgIpc) is 3.04. The van der Waals surface area contributed by atoms with Gasteiger partial charge in [0.2, 0.25) is 0 Å². The van der Waals surface area contributed by atoms with Crippen LogP contribution in [0.4, 0.5) is 5.82 Å². The molecule has 0 bridgehead atoms. The molecule has 6 nitrogen and oxygen atoms in total. The summed E-state index contributed by atoms with van der Waals surface area (Å²) < 4.78 is 1.67. The number of aromatic nitrogens is 4. The fourth-order valence-electron chi connectivity index (χ4n) is 1.85. The van der Waals surface area contributed by atoms with Crippen LogP contribution in [0.15, 0.2) is 30.2 Å². The van der Waals surface area contributed by atoms with Gasteiger partial charge < -0.3 is 10.4 Å². The molecule has 0 fully saturated rings. The van der Waals surface area contributed by atoms with E-state index in [9.17, 15) is 5.11 Å². The van der Waals surface area contributed by atoms with Crippen LogP contribution < -0.4 is 5.32 Å². The predicted octanol–water partition coefficient (Wildman–Crippen LogP) is 1.57. The Morgan fingerprint density at radius 3 is 3.16 bits per heavy atom. The van der Waals surface area contributed by atoms with Crippen LogP contribution in [0.25, 0.3) is 10.2 Å². The zero-order chi connectivity index (χ0) is 13.2. The van der Waals surface area contributed by atoms with E-state index in [1.54, 1.807) is 28.4 Å². The van der Waals surface area contributed by atoms with Gasteiger partial charge in [0.1, 0.15) is 17.0 Å². The molecule has 0 amide bonds. The first-order valence-corrected chi connectivity index (χ1v) is 6.70. The molecule has 0 aliphatic rings. The second-order valence-electron chi connectivity index (χ2n) is 4.21. The molecule has 1 unspecified atom stereocenters. The van der Waals surface area contributed by atoms with E-state index in [1.807, 2.05) is 18.5 Å². The van der Waals surface area contributed by atoms with Gasteiger partial charge >= 0.3 is 0 Å². The molecule has 0 aliphatic heterocycles. The highest BCUT2D eigenvalue weighted by Crippen LogP contribution is 2.24. The molecule has 3 heterocycles. The molecule has 0 radical (unpaired) electrons. The van der Waals surface area contributed by atoms with Crippen molar-refractivity contribution >= 4 is 27.4 Å². The number of rotatable bonds is 4. The number of fused-ring (bicyclic) bond motifs is 1. The van der Waals surface area contributed by atoms with Gasteiger partial charge in [-0.05, 0) is 11.4 Å². The maximum atomic E-state index is 10.1. The molecular weight excluding hydrogens is 262 g/mol. The Bertz CT molecular complexity index is 692. The average molecular weight is 275 g/mol. The van der Waals surface area contributed by atoms with Crippen molar-refractivity contribution in [3.63, 3.8) is 0 Å². The van der Waals surface area contributed by atoms with Gasteiger partial charge in [-0.2, -0.15) is 5.10 Å². The minimum atomic E-state index is -0.614. The van der Waals surface area contributed by atoms with Crippen molar-refractivity contribution in [1.29, 1.82) is 0 Å². The summed E-state index contributed by atoms with van der Waals surface area (Å²) >= 11 is 1.57. The minimum absolute atomic E-state index is 0.383. The molecule has 0 saturated heterocycles. The van der Waals surface area contributed by atoms with Gasteiger partial charge in [0.25, 0.3) is 0 Å². The predicted molar refractivity (Wildman–Crippen MR) is 74.1 cm³/mol. The maximum absolute atomic E-state index is 10.1. The summed E-state index contributed by atoms with van der Waals surface area (Å²) in [4.78, 5) is 9.32. The highest BCUT2D eigenvalue weighted by atomic mass is 32.1. The van der Waals surface area contributed by atoms with E-state index in [0.29, 0.717) is 6.54 Å². The molecule has 7 heteroatoms. The molecule has 3 aromatic heterocycles. The molecule has 0 spiro atoms. The Labute approximate surface area is 113 Å². The molecule has 3 rings (SSSR count).